The van der Waals surface area contributed by atoms with Crippen molar-refractivity contribution in [2.45, 2.75) is 20.4 Å². The lowest BCUT2D eigenvalue weighted by Gasteiger charge is -2.35. The molecule has 3 aromatic rings. The van der Waals surface area contributed by atoms with Crippen LogP contribution in [0.25, 0.3) is 17.2 Å². The van der Waals surface area contributed by atoms with Crippen molar-refractivity contribution in [3.05, 3.63) is 67.5 Å². The summed E-state index contributed by atoms with van der Waals surface area (Å²) in [5, 5.41) is 12.0. The molecule has 4 rings (SSSR count). The molecule has 0 aliphatic carbocycles. The van der Waals surface area contributed by atoms with Crippen LogP contribution in [-0.4, -0.2) is 65.7 Å². The maximum Gasteiger partial charge on any atom is 0.264 e. The van der Waals surface area contributed by atoms with E-state index in [1.165, 1.54) is 11.3 Å². The fourth-order valence-corrected chi connectivity index (χ4v) is 5.21. The maximum absolute atomic E-state index is 12.9. The van der Waals surface area contributed by atoms with Crippen LogP contribution in [0.5, 0.6) is 11.5 Å². The largest absolute Gasteiger partial charge is 0.496 e. The highest BCUT2D eigenvalue weighted by molar-refractivity contribution is 7.10. The van der Waals surface area contributed by atoms with Gasteiger partial charge in [-0.05, 0) is 43.2 Å². The Hall–Kier alpha value is -3.94. The molecule has 198 valence electrons. The molecule has 1 aliphatic rings. The second-order valence-electron chi connectivity index (χ2n) is 9.18. The first-order valence-corrected chi connectivity index (χ1v) is 13.1. The lowest BCUT2D eigenvalue weighted by atomic mass is 9.97. The molecule has 38 heavy (non-hydrogen) atoms. The van der Waals surface area contributed by atoms with Crippen LogP contribution in [0.2, 0.25) is 0 Å². The van der Waals surface area contributed by atoms with Gasteiger partial charge in [-0.3, -0.25) is 14.5 Å². The van der Waals surface area contributed by atoms with Crippen molar-refractivity contribution in [3.8, 4) is 28.7 Å². The summed E-state index contributed by atoms with van der Waals surface area (Å²) in [7, 11) is 5.02. The first-order valence-electron chi connectivity index (χ1n) is 12.2. The number of rotatable bonds is 7. The van der Waals surface area contributed by atoms with E-state index in [2.05, 4.69) is 9.88 Å². The number of methoxy groups -OCH3 is 2. The Labute approximate surface area is 226 Å². The van der Waals surface area contributed by atoms with Crippen LogP contribution in [0.3, 0.4) is 0 Å². The Balaban J connectivity index is 1.52. The number of nitrogens with zero attached hydrogens (tertiary/aromatic N) is 5. The van der Waals surface area contributed by atoms with Crippen LogP contribution < -0.4 is 15.0 Å². The van der Waals surface area contributed by atoms with Crippen LogP contribution in [0, 0.1) is 25.2 Å². The Morgan fingerprint density at radius 1 is 1.13 bits per heavy atom. The summed E-state index contributed by atoms with van der Waals surface area (Å²) in [6.07, 6.45) is 5.03. The summed E-state index contributed by atoms with van der Waals surface area (Å²) in [6, 6.07) is 5.98. The molecule has 0 saturated carbocycles. The van der Waals surface area contributed by atoms with Crippen molar-refractivity contribution >= 4 is 23.3 Å². The Morgan fingerprint density at radius 3 is 2.34 bits per heavy atom. The average Bonchev–Trinajstić information content (AvgIpc) is 3.46. The molecule has 3 heterocycles. The highest BCUT2D eigenvalue weighted by Crippen LogP contribution is 2.37. The average molecular weight is 534 g/mol. The molecule has 1 aromatic carbocycles. The van der Waals surface area contributed by atoms with E-state index in [4.69, 9.17) is 9.47 Å². The first kappa shape index (κ1) is 27.1. The van der Waals surface area contributed by atoms with Crippen molar-refractivity contribution in [2.75, 3.05) is 40.4 Å². The Bertz CT molecular complexity index is 1440. The molecule has 1 saturated heterocycles. The maximum atomic E-state index is 12.9. The molecule has 0 radical (unpaired) electrons. The third kappa shape index (κ3) is 5.49. The van der Waals surface area contributed by atoms with Gasteiger partial charge in [-0.1, -0.05) is 0 Å². The van der Waals surface area contributed by atoms with Crippen LogP contribution in [0.4, 0.5) is 0 Å². The summed E-state index contributed by atoms with van der Waals surface area (Å²) >= 11 is 1.38. The number of pyridine rings is 1. The molecule has 0 bridgehead atoms. The number of aryl methyl sites for hydroxylation is 1. The number of aromatic nitrogens is 2. The summed E-state index contributed by atoms with van der Waals surface area (Å²) in [5.74, 6) is 1.12. The second-order valence-corrected chi connectivity index (χ2v) is 10.1. The fourth-order valence-electron chi connectivity index (χ4n) is 4.64. The molecule has 0 unspecified atom stereocenters. The first-order chi connectivity index (χ1) is 18.3. The lowest BCUT2D eigenvalue weighted by molar-refractivity contribution is -0.128. The van der Waals surface area contributed by atoms with E-state index < -0.39 is 0 Å². The van der Waals surface area contributed by atoms with Gasteiger partial charge in [-0.15, -0.1) is 11.3 Å². The van der Waals surface area contributed by atoms with Gasteiger partial charge < -0.3 is 18.9 Å². The molecular weight excluding hydrogens is 502 g/mol. The van der Waals surface area contributed by atoms with Crippen molar-refractivity contribution in [2.24, 2.45) is 7.05 Å². The summed E-state index contributed by atoms with van der Waals surface area (Å²) in [5.41, 5.74) is 4.48. The van der Waals surface area contributed by atoms with E-state index in [1.54, 1.807) is 43.0 Å². The third-order valence-electron chi connectivity index (χ3n) is 6.96. The molecule has 0 spiro atoms. The van der Waals surface area contributed by atoms with Crippen LogP contribution >= 0.6 is 11.3 Å². The number of carbonyl (C=O) groups excluding carboxylic acids is 1. The second kappa shape index (κ2) is 11.6. The minimum atomic E-state index is -0.273. The number of hydrogen-bond donors (Lipinski definition) is 0. The lowest BCUT2D eigenvalue weighted by Crippen LogP contribution is -2.48. The zero-order valence-corrected chi connectivity index (χ0v) is 23.1. The van der Waals surface area contributed by atoms with Crippen molar-refractivity contribution in [1.29, 1.82) is 5.26 Å². The van der Waals surface area contributed by atoms with E-state index in [9.17, 15) is 14.9 Å². The van der Waals surface area contributed by atoms with E-state index in [1.807, 2.05) is 43.6 Å². The van der Waals surface area contributed by atoms with Gasteiger partial charge in [0.15, 0.2) is 0 Å². The normalized spacial score (nSPS) is 14.3. The topological polar surface area (TPSA) is 101 Å². The molecular formula is C28H31N5O4S. The van der Waals surface area contributed by atoms with Crippen molar-refractivity contribution < 1.29 is 14.3 Å². The van der Waals surface area contributed by atoms with Gasteiger partial charge in [0.05, 0.1) is 19.8 Å². The van der Waals surface area contributed by atoms with Gasteiger partial charge in [0.25, 0.3) is 11.5 Å². The van der Waals surface area contributed by atoms with Crippen LogP contribution in [-0.2, 0) is 18.4 Å². The molecule has 1 aliphatic heterocycles. The Kier molecular flexibility index (Phi) is 8.29. The van der Waals surface area contributed by atoms with Gasteiger partial charge >= 0.3 is 0 Å². The number of ether oxygens (including phenoxy) is 2. The van der Waals surface area contributed by atoms with E-state index in [-0.39, 0.29) is 17.0 Å². The molecule has 10 heteroatoms. The number of thiazole rings is 1. The number of benzene rings is 1. The van der Waals surface area contributed by atoms with Crippen molar-refractivity contribution in [3.63, 3.8) is 0 Å². The summed E-state index contributed by atoms with van der Waals surface area (Å²) in [4.78, 5) is 33.4. The van der Waals surface area contributed by atoms with Gasteiger partial charge in [0.1, 0.15) is 28.1 Å². The molecule has 0 atom stereocenters. The highest BCUT2D eigenvalue weighted by Gasteiger charge is 2.26. The van der Waals surface area contributed by atoms with Crippen LogP contribution in [0.15, 0.2) is 40.3 Å². The number of nitriles is 1. The van der Waals surface area contributed by atoms with Gasteiger partial charge in [-0.25, -0.2) is 4.98 Å². The minimum Gasteiger partial charge on any atom is -0.496 e. The van der Waals surface area contributed by atoms with Gasteiger partial charge in [0.2, 0.25) is 0 Å². The standard InChI is InChI=1S/C28H31N5O4S/c1-18-19(2)27(34)31(3)16-22(18)20-12-24(36-4)23(25(13-20)37-5)17-32-7-9-33(10-8-32)28(35)21(15-29)14-26-30-6-11-38-26/h6,11-14,16H,7-10,17H2,1-5H3/b21-14+. The monoisotopic (exact) mass is 533 g/mol. The molecule has 9 nitrogen and oxygen atoms in total. The Morgan fingerprint density at radius 2 is 1.79 bits per heavy atom. The summed E-state index contributed by atoms with van der Waals surface area (Å²) < 4.78 is 13.2. The van der Waals surface area contributed by atoms with Gasteiger partial charge in [0, 0.05) is 68.7 Å². The number of carbonyl (C=O) groups is 1. The fraction of sp³-hybridized carbons (Fsp3) is 0.357. The smallest absolute Gasteiger partial charge is 0.264 e. The van der Waals surface area contributed by atoms with Crippen LogP contribution in [0.1, 0.15) is 21.7 Å². The third-order valence-corrected chi connectivity index (χ3v) is 7.68. The predicted molar refractivity (Wildman–Crippen MR) is 147 cm³/mol. The molecule has 2 aromatic heterocycles. The zero-order valence-electron chi connectivity index (χ0n) is 22.3. The number of amides is 1. The predicted octanol–water partition coefficient (Wildman–Crippen LogP) is 3.39. The highest BCUT2D eigenvalue weighted by atomic mass is 32.1. The zero-order chi connectivity index (χ0) is 27.4. The van der Waals surface area contributed by atoms with E-state index in [0.717, 1.165) is 22.3 Å². The molecule has 1 fully saturated rings. The van der Waals surface area contributed by atoms with Crippen molar-refractivity contribution in [1.82, 2.24) is 19.4 Å². The van der Waals surface area contributed by atoms with E-state index in [0.29, 0.717) is 54.8 Å². The quantitative estimate of drug-likeness (QED) is 0.339. The summed E-state index contributed by atoms with van der Waals surface area (Å²) in [6.45, 7) is 6.68. The number of piperazine rings is 1. The van der Waals surface area contributed by atoms with Gasteiger partial charge in [-0.2, -0.15) is 5.26 Å². The SMILES string of the molecule is COc1cc(-c2cn(C)c(=O)c(C)c2C)cc(OC)c1CN1CCN(C(=O)/C(C#N)=C/c2nccs2)CC1. The van der Waals surface area contributed by atoms with E-state index >= 15 is 0 Å². The minimum absolute atomic E-state index is 0.0139. The molecule has 1 amide bonds. The molecule has 0 N–H and O–H groups in total. The number of hydrogen-bond acceptors (Lipinski definition) is 8.